The van der Waals surface area contributed by atoms with Gasteiger partial charge in [0.25, 0.3) is 0 Å². The minimum absolute atomic E-state index is 0.402. The topological polar surface area (TPSA) is 37.4 Å². The maximum Gasteiger partial charge on any atom is 0.243 e. The van der Waals surface area contributed by atoms with Crippen molar-refractivity contribution >= 4 is 26.2 Å². The lowest BCUT2D eigenvalue weighted by molar-refractivity contribution is 0.483. The number of sulfonamides is 1. The van der Waals surface area contributed by atoms with Gasteiger partial charge in [0.15, 0.2) is 0 Å². The molecule has 1 aliphatic carbocycles. The second-order valence-electron chi connectivity index (χ2n) is 12.6. The Labute approximate surface area is 229 Å². The highest BCUT2D eigenvalue weighted by Crippen LogP contribution is 2.47. The second-order valence-corrected chi connectivity index (χ2v) is 24.6. The van der Waals surface area contributed by atoms with Gasteiger partial charge in [-0.3, -0.25) is 0 Å². The summed E-state index contributed by atoms with van der Waals surface area (Å²) in [6.07, 6.45) is 4.04. The van der Waals surface area contributed by atoms with E-state index in [1.54, 1.807) is 16.4 Å². The van der Waals surface area contributed by atoms with Crippen molar-refractivity contribution in [2.24, 2.45) is 0 Å². The molecule has 2 aliphatic rings. The van der Waals surface area contributed by atoms with E-state index in [1.165, 1.54) is 43.8 Å². The van der Waals surface area contributed by atoms with E-state index >= 15 is 0 Å². The Balaban J connectivity index is 2.42. The minimum Gasteiger partial charge on any atom is -0.207 e. The lowest BCUT2D eigenvalue weighted by Gasteiger charge is -2.35. The summed E-state index contributed by atoms with van der Waals surface area (Å²) in [5.74, 6) is 0. The third kappa shape index (κ3) is 5.63. The summed E-state index contributed by atoms with van der Waals surface area (Å²) >= 11 is 0. The number of aryl methyl sites for hydroxylation is 1. The molecule has 1 aromatic carbocycles. The average molecular weight is 556 g/mol. The van der Waals surface area contributed by atoms with Crippen molar-refractivity contribution in [1.82, 2.24) is 4.31 Å². The zero-order valence-electron chi connectivity index (χ0n) is 25.2. The molecule has 0 unspecified atom stereocenters. The number of nitrogens with zero attached hydrogens (tertiary/aromatic N) is 1. The van der Waals surface area contributed by atoms with Crippen LogP contribution in [0.4, 0.5) is 0 Å². The van der Waals surface area contributed by atoms with Crippen molar-refractivity contribution in [2.45, 2.75) is 104 Å². The van der Waals surface area contributed by atoms with Crippen molar-refractivity contribution in [3.63, 3.8) is 0 Å². The van der Waals surface area contributed by atoms with E-state index in [-0.39, 0.29) is 0 Å². The lowest BCUT2D eigenvalue weighted by atomic mass is 9.84. The predicted molar refractivity (Wildman–Crippen MR) is 166 cm³/mol. The Morgan fingerprint density at radius 2 is 1.00 bits per heavy atom. The zero-order chi connectivity index (χ0) is 27.9. The Morgan fingerprint density at radius 3 is 1.30 bits per heavy atom. The summed E-state index contributed by atoms with van der Waals surface area (Å²) in [7, 11) is -7.24. The third-order valence-corrected chi connectivity index (χ3v) is 13.9. The van der Waals surface area contributed by atoms with Gasteiger partial charge in [0, 0.05) is 13.1 Å². The molecule has 1 heterocycles. The van der Waals surface area contributed by atoms with Crippen LogP contribution < -0.4 is 0 Å². The van der Waals surface area contributed by atoms with Crippen LogP contribution in [-0.4, -0.2) is 42.0 Å². The van der Waals surface area contributed by atoms with Crippen LogP contribution in [0.3, 0.4) is 0 Å². The number of allylic oxidation sites excluding steroid dienone is 4. The summed E-state index contributed by atoms with van der Waals surface area (Å²) in [5, 5.41) is 3.03. The standard InChI is InChI=1S/C31H49NO2SSi2/c1-12-24-25(13-2)27(15-4)31(37(9,10)11)29-21-32(35(33,34)23-18-16-22(5)17-19-23)20-28(29)30(26(24)14-3)36(6,7)8/h16-19H,12-15,20-21H2,1-11H3/b25-24-,26-24?,27-25?,30-26+,30-28?,31-27+,31-29?. The molecule has 0 spiro atoms. The molecule has 6 heteroatoms. The Bertz CT molecular complexity index is 1220. The summed E-state index contributed by atoms with van der Waals surface area (Å²) in [5.41, 5.74) is 9.79. The lowest BCUT2D eigenvalue weighted by Crippen LogP contribution is -2.33. The summed E-state index contributed by atoms with van der Waals surface area (Å²) in [6.45, 7) is 26.8. The van der Waals surface area contributed by atoms with Gasteiger partial charge in [0.05, 0.1) is 21.0 Å². The van der Waals surface area contributed by atoms with Crippen LogP contribution in [0.1, 0.15) is 58.9 Å². The van der Waals surface area contributed by atoms with Crippen molar-refractivity contribution < 1.29 is 8.42 Å². The van der Waals surface area contributed by atoms with Gasteiger partial charge < -0.3 is 0 Å². The van der Waals surface area contributed by atoms with Gasteiger partial charge in [-0.15, -0.1) is 0 Å². The van der Waals surface area contributed by atoms with Crippen molar-refractivity contribution in [1.29, 1.82) is 0 Å². The maximum atomic E-state index is 14.0. The van der Waals surface area contributed by atoms with Crippen LogP contribution in [0.15, 0.2) is 73.0 Å². The molecule has 37 heavy (non-hydrogen) atoms. The highest BCUT2D eigenvalue weighted by molar-refractivity contribution is 7.89. The van der Waals surface area contributed by atoms with E-state index < -0.39 is 26.2 Å². The van der Waals surface area contributed by atoms with Gasteiger partial charge in [-0.05, 0) is 78.2 Å². The number of rotatable bonds is 8. The molecular weight excluding hydrogens is 507 g/mol. The molecule has 0 fully saturated rings. The first-order valence-corrected chi connectivity index (χ1v) is 22.6. The van der Waals surface area contributed by atoms with Gasteiger partial charge in [0.2, 0.25) is 10.0 Å². The fourth-order valence-corrected chi connectivity index (χ4v) is 12.7. The van der Waals surface area contributed by atoms with Crippen LogP contribution in [0.5, 0.6) is 0 Å². The van der Waals surface area contributed by atoms with Crippen LogP contribution >= 0.6 is 0 Å². The molecule has 0 saturated heterocycles. The van der Waals surface area contributed by atoms with Crippen molar-refractivity contribution in [3.8, 4) is 0 Å². The zero-order valence-corrected chi connectivity index (χ0v) is 28.0. The number of hydrogen-bond acceptors (Lipinski definition) is 2. The molecule has 0 amide bonds. The van der Waals surface area contributed by atoms with Gasteiger partial charge >= 0.3 is 0 Å². The predicted octanol–water partition coefficient (Wildman–Crippen LogP) is 8.59. The monoisotopic (exact) mass is 555 g/mol. The molecule has 0 saturated carbocycles. The molecule has 0 N–H and O–H groups in total. The second kappa shape index (κ2) is 11.0. The summed E-state index contributed by atoms with van der Waals surface area (Å²) in [4.78, 5) is 0.402. The number of benzene rings is 1. The van der Waals surface area contributed by atoms with Gasteiger partial charge in [-0.25, -0.2) is 8.42 Å². The van der Waals surface area contributed by atoms with Gasteiger partial charge in [-0.1, -0.05) is 95.1 Å². The van der Waals surface area contributed by atoms with Crippen LogP contribution in [0, 0.1) is 6.92 Å². The number of hydrogen-bond donors (Lipinski definition) is 0. The van der Waals surface area contributed by atoms with Crippen molar-refractivity contribution in [2.75, 3.05) is 13.1 Å². The molecule has 0 radical (unpaired) electrons. The average Bonchev–Trinajstić information content (AvgIpc) is 3.21. The van der Waals surface area contributed by atoms with Crippen molar-refractivity contribution in [3.05, 3.63) is 73.7 Å². The van der Waals surface area contributed by atoms with Gasteiger partial charge in [0.1, 0.15) is 0 Å². The first-order chi connectivity index (χ1) is 17.1. The Hall–Kier alpha value is -1.48. The molecule has 0 atom stereocenters. The van der Waals surface area contributed by atoms with Crippen LogP contribution in [0.2, 0.25) is 39.3 Å². The van der Waals surface area contributed by atoms with E-state index in [1.807, 2.05) is 19.1 Å². The molecular formula is C31H49NO2SSi2. The molecule has 0 aromatic heterocycles. The first-order valence-electron chi connectivity index (χ1n) is 14.1. The largest absolute Gasteiger partial charge is 0.243 e. The van der Waals surface area contributed by atoms with Crippen LogP contribution in [-0.2, 0) is 10.0 Å². The SMILES string of the molecule is CCC1=C(CC)/C(CC)=C(/[Si](C)(C)C)C2=C(CN(S(=O)(=O)c3ccc(C)cc3)C2)/C([Si](C)(C)C)=C\1CC. The Morgan fingerprint density at radius 1 is 0.649 bits per heavy atom. The van der Waals surface area contributed by atoms with E-state index in [9.17, 15) is 8.42 Å². The normalized spacial score (nSPS) is 24.4. The highest BCUT2D eigenvalue weighted by atomic mass is 32.2. The molecule has 3 rings (SSSR count). The molecule has 204 valence electrons. The van der Waals surface area contributed by atoms with Crippen LogP contribution in [0.25, 0.3) is 0 Å². The molecule has 0 bridgehead atoms. The van der Waals surface area contributed by atoms with E-state index in [2.05, 4.69) is 67.0 Å². The fraction of sp³-hybridized carbons (Fsp3) is 0.548. The third-order valence-electron chi connectivity index (χ3n) is 7.91. The fourth-order valence-electron chi connectivity index (χ4n) is 6.56. The summed E-state index contributed by atoms with van der Waals surface area (Å²) < 4.78 is 29.8. The summed E-state index contributed by atoms with van der Waals surface area (Å²) in [6, 6.07) is 7.35. The molecule has 3 nitrogen and oxygen atoms in total. The van der Waals surface area contributed by atoms with E-state index in [0.29, 0.717) is 18.0 Å². The Kier molecular flexibility index (Phi) is 8.90. The van der Waals surface area contributed by atoms with Gasteiger partial charge in [-0.2, -0.15) is 4.31 Å². The highest BCUT2D eigenvalue weighted by Gasteiger charge is 2.42. The van der Waals surface area contributed by atoms with E-state index in [4.69, 9.17) is 0 Å². The first kappa shape index (κ1) is 30.1. The maximum absolute atomic E-state index is 14.0. The molecule has 1 aliphatic heterocycles. The minimum atomic E-state index is -3.60. The molecule has 1 aromatic rings. The smallest absolute Gasteiger partial charge is 0.207 e. The van der Waals surface area contributed by atoms with E-state index in [0.717, 1.165) is 31.2 Å². The quantitative estimate of drug-likeness (QED) is 0.301.